The molecule has 7 aromatic carbocycles. The van der Waals surface area contributed by atoms with Crippen molar-refractivity contribution >= 4 is 49.4 Å². The number of aromatic nitrogens is 3. The molecule has 0 atom stereocenters. The first-order valence-corrected chi connectivity index (χ1v) is 18.0. The van der Waals surface area contributed by atoms with E-state index in [1.54, 1.807) is 0 Å². The lowest BCUT2D eigenvalue weighted by Crippen LogP contribution is -1.94. The molecular weight excluding hydrogens is 647 g/mol. The number of imidazole rings is 1. The molecule has 0 amide bonds. The van der Waals surface area contributed by atoms with Crippen molar-refractivity contribution in [1.29, 1.82) is 0 Å². The van der Waals surface area contributed by atoms with E-state index in [-0.39, 0.29) is 0 Å². The first-order chi connectivity index (χ1) is 26.3. The molecule has 0 saturated carbocycles. The van der Waals surface area contributed by atoms with Crippen LogP contribution in [0.1, 0.15) is 0 Å². The zero-order valence-electron chi connectivity index (χ0n) is 28.6. The first kappa shape index (κ1) is 29.5. The number of pyridine rings is 1. The highest BCUT2D eigenvalue weighted by atomic mass is 16.3. The van der Waals surface area contributed by atoms with Crippen molar-refractivity contribution in [2.75, 3.05) is 0 Å². The lowest BCUT2D eigenvalue weighted by molar-refractivity contribution is 0.669. The Hall–Kier alpha value is -7.17. The van der Waals surface area contributed by atoms with E-state index >= 15 is 0 Å². The van der Waals surface area contributed by atoms with Crippen molar-refractivity contribution in [3.8, 4) is 50.5 Å². The fourth-order valence-corrected chi connectivity index (χ4v) is 8.17. The Kier molecular flexibility index (Phi) is 6.52. The van der Waals surface area contributed by atoms with Gasteiger partial charge in [-0.25, -0.2) is 4.98 Å². The van der Waals surface area contributed by atoms with E-state index in [2.05, 4.69) is 191 Å². The van der Waals surface area contributed by atoms with Crippen molar-refractivity contribution in [2.45, 2.75) is 0 Å². The average Bonchev–Trinajstić information content (AvgIpc) is 3.90. The molecule has 0 radical (unpaired) electrons. The summed E-state index contributed by atoms with van der Waals surface area (Å²) in [5, 5.41) is 4.63. The van der Waals surface area contributed by atoms with Gasteiger partial charge in [0.15, 0.2) is 0 Å². The van der Waals surface area contributed by atoms with Gasteiger partial charge in [-0.15, -0.1) is 0 Å². The van der Waals surface area contributed by atoms with Crippen LogP contribution in [0.25, 0.3) is 99.8 Å². The van der Waals surface area contributed by atoms with E-state index in [4.69, 9.17) is 9.40 Å². The van der Waals surface area contributed by atoms with Gasteiger partial charge in [-0.1, -0.05) is 127 Å². The van der Waals surface area contributed by atoms with E-state index in [9.17, 15) is 0 Å². The monoisotopic (exact) mass is 677 g/mol. The number of hydrogen-bond donors (Lipinski definition) is 0. The topological polar surface area (TPSA) is 35.4 Å². The van der Waals surface area contributed by atoms with E-state index in [1.165, 1.54) is 27.4 Å². The maximum absolute atomic E-state index is 6.71. The Balaban J connectivity index is 1.11. The van der Waals surface area contributed by atoms with Crippen LogP contribution < -0.4 is 0 Å². The predicted molar refractivity (Wildman–Crippen MR) is 219 cm³/mol. The van der Waals surface area contributed by atoms with Crippen LogP contribution in [-0.4, -0.2) is 14.0 Å². The Morgan fingerprint density at radius 1 is 0.434 bits per heavy atom. The van der Waals surface area contributed by atoms with Gasteiger partial charge >= 0.3 is 0 Å². The molecule has 248 valence electrons. The van der Waals surface area contributed by atoms with Crippen molar-refractivity contribution in [2.24, 2.45) is 0 Å². The van der Waals surface area contributed by atoms with Crippen LogP contribution in [-0.2, 0) is 0 Å². The van der Waals surface area contributed by atoms with Gasteiger partial charge in [0.05, 0.1) is 22.4 Å². The zero-order valence-corrected chi connectivity index (χ0v) is 28.6. The maximum atomic E-state index is 6.71. The standard InChI is InChI=1S/C49H31N3O/c1-3-14-32(15-4-1)34-18-12-21-37(29-34)52-42-24-8-7-22-39(42)40-30-41-45(31-43(40)52)53-44-25-13-23-38(47(41)44)35-19-11-20-36(28-35)48-49(33-16-5-2-6-17-33)51-27-10-9-26-46(51)50-48/h1-31H. The largest absolute Gasteiger partial charge is 0.456 e. The fraction of sp³-hybridized carbons (Fsp3) is 0. The molecule has 4 nitrogen and oxygen atoms in total. The van der Waals surface area contributed by atoms with Crippen molar-refractivity contribution in [3.05, 3.63) is 188 Å². The summed E-state index contributed by atoms with van der Waals surface area (Å²) in [5.74, 6) is 0. The summed E-state index contributed by atoms with van der Waals surface area (Å²) in [6, 6.07) is 64.4. The van der Waals surface area contributed by atoms with Crippen LogP contribution in [0.2, 0.25) is 0 Å². The van der Waals surface area contributed by atoms with E-state index in [0.717, 1.165) is 72.4 Å². The third-order valence-electron chi connectivity index (χ3n) is 10.5. The highest BCUT2D eigenvalue weighted by Gasteiger charge is 2.20. The quantitative estimate of drug-likeness (QED) is 0.182. The minimum atomic E-state index is 0.867. The van der Waals surface area contributed by atoms with Gasteiger partial charge in [0.25, 0.3) is 0 Å². The molecular formula is C49H31N3O. The number of benzene rings is 7. The van der Waals surface area contributed by atoms with E-state index in [0.29, 0.717) is 0 Å². The summed E-state index contributed by atoms with van der Waals surface area (Å²) < 4.78 is 11.3. The van der Waals surface area contributed by atoms with Crippen LogP contribution in [0.5, 0.6) is 0 Å². The number of hydrogen-bond acceptors (Lipinski definition) is 2. The maximum Gasteiger partial charge on any atom is 0.137 e. The molecule has 0 saturated heterocycles. The third kappa shape index (κ3) is 4.66. The molecule has 0 aliphatic heterocycles. The molecule has 4 heterocycles. The number of furan rings is 1. The lowest BCUT2D eigenvalue weighted by Gasteiger charge is -2.10. The molecule has 0 aliphatic rings. The molecule has 4 aromatic heterocycles. The van der Waals surface area contributed by atoms with Gasteiger partial charge in [0.2, 0.25) is 0 Å². The van der Waals surface area contributed by atoms with Crippen molar-refractivity contribution < 1.29 is 4.42 Å². The molecule has 0 bridgehead atoms. The normalized spacial score (nSPS) is 11.8. The molecule has 11 aromatic rings. The summed E-state index contributed by atoms with van der Waals surface area (Å²) >= 11 is 0. The second kappa shape index (κ2) is 11.7. The van der Waals surface area contributed by atoms with E-state index < -0.39 is 0 Å². The van der Waals surface area contributed by atoms with E-state index in [1.807, 2.05) is 6.07 Å². The first-order valence-electron chi connectivity index (χ1n) is 18.0. The lowest BCUT2D eigenvalue weighted by atomic mass is 9.96. The minimum absolute atomic E-state index is 0.867. The molecule has 0 aliphatic carbocycles. The molecule has 0 unspecified atom stereocenters. The SMILES string of the molecule is c1ccc(-c2cccc(-n3c4ccccc4c4cc5c(cc43)oc3cccc(-c4cccc(-c6nc7ccccn7c6-c6ccccc6)c4)c35)c2)cc1. The Morgan fingerprint density at radius 3 is 2.04 bits per heavy atom. The second-order valence-electron chi connectivity index (χ2n) is 13.6. The number of para-hydroxylation sites is 1. The smallest absolute Gasteiger partial charge is 0.137 e. The third-order valence-corrected chi connectivity index (χ3v) is 10.5. The van der Waals surface area contributed by atoms with Crippen LogP contribution in [0.3, 0.4) is 0 Å². The highest BCUT2D eigenvalue weighted by Crippen LogP contribution is 2.43. The summed E-state index contributed by atoms with van der Waals surface area (Å²) in [6.07, 6.45) is 2.09. The van der Waals surface area contributed by atoms with Crippen LogP contribution in [0.15, 0.2) is 193 Å². The fourth-order valence-electron chi connectivity index (χ4n) is 8.17. The number of fused-ring (bicyclic) bond motifs is 7. The summed E-state index contributed by atoms with van der Waals surface area (Å²) in [6.45, 7) is 0. The zero-order chi connectivity index (χ0) is 34.9. The summed E-state index contributed by atoms with van der Waals surface area (Å²) in [5.41, 5.74) is 14.9. The highest BCUT2D eigenvalue weighted by molar-refractivity contribution is 6.20. The van der Waals surface area contributed by atoms with Crippen molar-refractivity contribution in [3.63, 3.8) is 0 Å². The average molecular weight is 678 g/mol. The predicted octanol–water partition coefficient (Wildman–Crippen LogP) is 13.0. The van der Waals surface area contributed by atoms with Gasteiger partial charge < -0.3 is 8.98 Å². The van der Waals surface area contributed by atoms with Crippen LogP contribution in [0.4, 0.5) is 0 Å². The molecule has 11 rings (SSSR count). The van der Waals surface area contributed by atoms with Gasteiger partial charge in [-0.2, -0.15) is 0 Å². The van der Waals surface area contributed by atoms with Gasteiger partial charge in [0.1, 0.15) is 16.8 Å². The van der Waals surface area contributed by atoms with Gasteiger partial charge in [-0.05, 0) is 70.8 Å². The Morgan fingerprint density at radius 2 is 1.15 bits per heavy atom. The molecule has 4 heteroatoms. The Labute approximate surface area is 305 Å². The molecule has 0 spiro atoms. The van der Waals surface area contributed by atoms with Gasteiger partial charge in [-0.3, -0.25) is 4.40 Å². The number of rotatable bonds is 5. The van der Waals surface area contributed by atoms with Crippen LogP contribution >= 0.6 is 0 Å². The number of nitrogens with zero attached hydrogens (tertiary/aromatic N) is 3. The molecule has 0 fully saturated rings. The van der Waals surface area contributed by atoms with Crippen molar-refractivity contribution in [1.82, 2.24) is 14.0 Å². The molecule has 53 heavy (non-hydrogen) atoms. The summed E-state index contributed by atoms with van der Waals surface area (Å²) in [7, 11) is 0. The summed E-state index contributed by atoms with van der Waals surface area (Å²) in [4.78, 5) is 5.15. The Bertz CT molecular complexity index is 3170. The second-order valence-corrected chi connectivity index (χ2v) is 13.6. The van der Waals surface area contributed by atoms with Crippen LogP contribution in [0, 0.1) is 0 Å². The minimum Gasteiger partial charge on any atom is -0.456 e. The van der Waals surface area contributed by atoms with Gasteiger partial charge in [0, 0.05) is 50.6 Å². The molecule has 0 N–H and O–H groups in total.